The summed E-state index contributed by atoms with van der Waals surface area (Å²) in [5.74, 6) is 0.407. The molecule has 7 heteroatoms. The van der Waals surface area contributed by atoms with Gasteiger partial charge in [0.25, 0.3) is 0 Å². The van der Waals surface area contributed by atoms with Crippen LogP contribution in [0, 0.1) is 5.92 Å². The molecule has 1 aliphatic rings. The molecule has 0 aromatic rings. The lowest BCUT2D eigenvalue weighted by atomic mass is 9.94. The fraction of sp³-hybridized carbons (Fsp3) is 1.00. The molecule has 3 atom stereocenters. The minimum absolute atomic E-state index is 0. The molecule has 0 saturated carbocycles. The first-order valence-electron chi connectivity index (χ1n) is 6.18. The van der Waals surface area contributed by atoms with E-state index in [0.29, 0.717) is 5.92 Å². The molecule has 0 aromatic carbocycles. The number of nitrogens with one attached hydrogen (secondary N) is 2. The van der Waals surface area contributed by atoms with Gasteiger partial charge in [-0.2, -0.15) is 0 Å². The Balaban J connectivity index is 0.00000289. The maximum atomic E-state index is 11.8. The first kappa shape index (κ1) is 18.1. The number of piperidine rings is 1. The van der Waals surface area contributed by atoms with Gasteiger partial charge in [-0.15, -0.1) is 12.4 Å². The minimum atomic E-state index is -3.24. The molecule has 0 aromatic heterocycles. The standard InChI is InChI=1S/C11H24N2O3S.ClH/c1-9(16-3)8-17(14,15)13-10(2)11-5-4-6-12-7-11;/h9-13H,4-8H2,1-3H3;1H. The van der Waals surface area contributed by atoms with Crippen LogP contribution in [0.3, 0.4) is 0 Å². The summed E-state index contributed by atoms with van der Waals surface area (Å²) in [6, 6.07) is -0.0168. The molecular weight excluding hydrogens is 276 g/mol. The molecule has 0 bridgehead atoms. The molecule has 110 valence electrons. The molecule has 2 N–H and O–H groups in total. The lowest BCUT2D eigenvalue weighted by Crippen LogP contribution is -2.46. The van der Waals surface area contributed by atoms with Gasteiger partial charge in [0, 0.05) is 13.2 Å². The average molecular weight is 301 g/mol. The lowest BCUT2D eigenvalue weighted by molar-refractivity contribution is 0.136. The van der Waals surface area contributed by atoms with Crippen LogP contribution in [0.15, 0.2) is 0 Å². The maximum Gasteiger partial charge on any atom is 0.214 e. The van der Waals surface area contributed by atoms with Crippen molar-refractivity contribution >= 4 is 22.4 Å². The summed E-state index contributed by atoms with van der Waals surface area (Å²) >= 11 is 0. The van der Waals surface area contributed by atoms with Gasteiger partial charge in [-0.3, -0.25) is 0 Å². The van der Waals surface area contributed by atoms with Crippen molar-refractivity contribution in [3.8, 4) is 0 Å². The maximum absolute atomic E-state index is 11.8. The third-order valence-corrected chi connectivity index (χ3v) is 4.90. The Morgan fingerprint density at radius 2 is 2.11 bits per heavy atom. The van der Waals surface area contributed by atoms with Crippen molar-refractivity contribution in [3.05, 3.63) is 0 Å². The molecule has 3 unspecified atom stereocenters. The van der Waals surface area contributed by atoms with Gasteiger partial charge >= 0.3 is 0 Å². The molecular formula is C11H25ClN2O3S. The number of methoxy groups -OCH3 is 1. The Kier molecular flexibility index (Phi) is 8.38. The van der Waals surface area contributed by atoms with Crippen LogP contribution in [0.5, 0.6) is 0 Å². The van der Waals surface area contributed by atoms with E-state index in [1.54, 1.807) is 6.92 Å². The fourth-order valence-electron chi connectivity index (χ4n) is 2.11. The number of hydrogen-bond acceptors (Lipinski definition) is 4. The topological polar surface area (TPSA) is 67.4 Å². The van der Waals surface area contributed by atoms with E-state index >= 15 is 0 Å². The second-order valence-corrected chi connectivity index (χ2v) is 6.64. The van der Waals surface area contributed by atoms with Crippen molar-refractivity contribution in [2.75, 3.05) is 26.0 Å². The number of ether oxygens (including phenoxy) is 1. The van der Waals surface area contributed by atoms with E-state index in [9.17, 15) is 8.42 Å². The highest BCUT2D eigenvalue weighted by atomic mass is 35.5. The molecule has 0 radical (unpaired) electrons. The number of halogens is 1. The molecule has 1 fully saturated rings. The zero-order valence-electron chi connectivity index (χ0n) is 11.3. The summed E-state index contributed by atoms with van der Waals surface area (Å²) in [7, 11) is -1.72. The zero-order chi connectivity index (χ0) is 12.9. The molecule has 18 heavy (non-hydrogen) atoms. The highest BCUT2D eigenvalue weighted by Crippen LogP contribution is 2.15. The smallest absolute Gasteiger partial charge is 0.214 e. The molecule has 1 aliphatic heterocycles. The molecule has 1 rings (SSSR count). The molecule has 1 saturated heterocycles. The SMILES string of the molecule is COC(C)CS(=O)(=O)NC(C)C1CCCNC1.Cl. The zero-order valence-corrected chi connectivity index (χ0v) is 12.9. The van der Waals surface area contributed by atoms with Crippen LogP contribution in [-0.4, -0.2) is 46.5 Å². The number of hydrogen-bond donors (Lipinski definition) is 2. The van der Waals surface area contributed by atoms with Crippen LogP contribution in [0.2, 0.25) is 0 Å². The predicted octanol–water partition coefficient (Wildman–Crippen LogP) is 0.751. The van der Waals surface area contributed by atoms with Gasteiger partial charge in [0.05, 0.1) is 11.9 Å². The van der Waals surface area contributed by atoms with Crippen LogP contribution in [-0.2, 0) is 14.8 Å². The van der Waals surface area contributed by atoms with Crippen molar-refractivity contribution in [1.82, 2.24) is 10.0 Å². The van der Waals surface area contributed by atoms with E-state index in [4.69, 9.17) is 4.74 Å². The Labute approximate surface area is 117 Å². The van der Waals surface area contributed by atoms with Crippen molar-refractivity contribution in [3.63, 3.8) is 0 Å². The summed E-state index contributed by atoms with van der Waals surface area (Å²) < 4.78 is 31.4. The monoisotopic (exact) mass is 300 g/mol. The summed E-state index contributed by atoms with van der Waals surface area (Å²) in [5, 5.41) is 3.29. The van der Waals surface area contributed by atoms with Crippen molar-refractivity contribution in [2.45, 2.75) is 38.8 Å². The second-order valence-electron chi connectivity index (χ2n) is 4.84. The van der Waals surface area contributed by atoms with Crippen molar-refractivity contribution < 1.29 is 13.2 Å². The highest BCUT2D eigenvalue weighted by molar-refractivity contribution is 7.89. The third kappa shape index (κ3) is 6.33. The van der Waals surface area contributed by atoms with E-state index in [1.165, 1.54) is 7.11 Å². The minimum Gasteiger partial charge on any atom is -0.381 e. The molecule has 0 amide bonds. The second kappa shape index (κ2) is 8.32. The van der Waals surface area contributed by atoms with Gasteiger partial charge in [0.1, 0.15) is 0 Å². The lowest BCUT2D eigenvalue weighted by Gasteiger charge is -2.29. The van der Waals surface area contributed by atoms with Gasteiger partial charge in [-0.1, -0.05) is 0 Å². The van der Waals surface area contributed by atoms with Crippen LogP contribution in [0.25, 0.3) is 0 Å². The summed E-state index contributed by atoms with van der Waals surface area (Å²) in [5.41, 5.74) is 0. The number of sulfonamides is 1. The molecule has 0 aliphatic carbocycles. The average Bonchev–Trinajstić information content (AvgIpc) is 2.28. The largest absolute Gasteiger partial charge is 0.381 e. The van der Waals surface area contributed by atoms with E-state index in [0.717, 1.165) is 25.9 Å². The fourth-order valence-corrected chi connectivity index (χ4v) is 3.72. The summed E-state index contributed by atoms with van der Waals surface area (Å²) in [6.45, 7) is 5.62. The molecule has 5 nitrogen and oxygen atoms in total. The molecule has 0 spiro atoms. The van der Waals surface area contributed by atoms with E-state index in [1.807, 2.05) is 6.92 Å². The Hall–Kier alpha value is 0.120. The third-order valence-electron chi connectivity index (χ3n) is 3.26. The summed E-state index contributed by atoms with van der Waals surface area (Å²) in [6.07, 6.45) is 1.92. The van der Waals surface area contributed by atoms with E-state index in [2.05, 4.69) is 10.0 Å². The van der Waals surface area contributed by atoms with Crippen molar-refractivity contribution in [1.29, 1.82) is 0 Å². The number of rotatable bonds is 6. The van der Waals surface area contributed by atoms with Gasteiger partial charge in [0.15, 0.2) is 0 Å². The molecule has 1 heterocycles. The first-order valence-corrected chi connectivity index (χ1v) is 7.83. The van der Waals surface area contributed by atoms with Gasteiger partial charge < -0.3 is 10.1 Å². The van der Waals surface area contributed by atoms with Crippen LogP contribution >= 0.6 is 12.4 Å². The van der Waals surface area contributed by atoms with Gasteiger partial charge in [-0.25, -0.2) is 13.1 Å². The van der Waals surface area contributed by atoms with Crippen molar-refractivity contribution in [2.24, 2.45) is 5.92 Å². The van der Waals surface area contributed by atoms with E-state index in [-0.39, 0.29) is 30.3 Å². The van der Waals surface area contributed by atoms with Gasteiger partial charge in [-0.05, 0) is 45.7 Å². The first-order chi connectivity index (χ1) is 7.94. The van der Waals surface area contributed by atoms with Crippen LogP contribution < -0.4 is 10.0 Å². The highest BCUT2D eigenvalue weighted by Gasteiger charge is 2.24. The predicted molar refractivity (Wildman–Crippen MR) is 75.7 cm³/mol. The Bertz CT molecular complexity index is 318. The Morgan fingerprint density at radius 1 is 1.44 bits per heavy atom. The summed E-state index contributed by atoms with van der Waals surface area (Å²) in [4.78, 5) is 0. The van der Waals surface area contributed by atoms with Gasteiger partial charge in [0.2, 0.25) is 10.0 Å². The van der Waals surface area contributed by atoms with Crippen LogP contribution in [0.4, 0.5) is 0 Å². The van der Waals surface area contributed by atoms with Crippen LogP contribution in [0.1, 0.15) is 26.7 Å². The normalized spacial score (nSPS) is 24.1. The Morgan fingerprint density at radius 3 is 2.61 bits per heavy atom. The van der Waals surface area contributed by atoms with E-state index < -0.39 is 10.0 Å². The quantitative estimate of drug-likeness (QED) is 0.760.